The quantitative estimate of drug-likeness (QED) is 0.679. The predicted octanol–water partition coefficient (Wildman–Crippen LogP) is 2.51. The Labute approximate surface area is 160 Å². The lowest BCUT2D eigenvalue weighted by atomic mass is 10.0. The first-order valence-corrected chi connectivity index (χ1v) is 8.55. The van der Waals surface area contributed by atoms with Crippen LogP contribution >= 0.6 is 0 Å². The predicted molar refractivity (Wildman–Crippen MR) is 97.3 cm³/mol. The van der Waals surface area contributed by atoms with Gasteiger partial charge in [0.15, 0.2) is 0 Å². The monoisotopic (exact) mass is 390 g/mol. The molecule has 0 saturated heterocycles. The van der Waals surface area contributed by atoms with Crippen molar-refractivity contribution in [3.63, 3.8) is 0 Å². The molecule has 0 aliphatic heterocycles. The lowest BCUT2D eigenvalue weighted by Crippen LogP contribution is -2.34. The van der Waals surface area contributed by atoms with Crippen molar-refractivity contribution in [3.8, 4) is 0 Å². The van der Waals surface area contributed by atoms with E-state index < -0.39 is 35.5 Å². The molecule has 2 N–H and O–H groups in total. The Bertz CT molecular complexity index is 843. The molecular weight excluding hydrogens is 370 g/mol. The number of hydrogen-bond acceptors (Lipinski definition) is 4. The van der Waals surface area contributed by atoms with Crippen LogP contribution in [0.25, 0.3) is 0 Å². The minimum atomic E-state index is -0.982. The van der Waals surface area contributed by atoms with Crippen LogP contribution in [0.3, 0.4) is 0 Å². The van der Waals surface area contributed by atoms with Gasteiger partial charge in [0.2, 0.25) is 5.91 Å². The van der Waals surface area contributed by atoms with Crippen LogP contribution < -0.4 is 10.6 Å². The standard InChI is InChI=1S/C20H20F2N2O4/c1-28-19(26)12-17(13-5-3-2-4-6-13)24-18(25)9-10-23-20(27)15-8-7-14(21)11-16(15)22/h2-8,11,17H,9-10,12H2,1H3,(H,23,27)(H,24,25). The van der Waals surface area contributed by atoms with Crippen LogP contribution in [0.4, 0.5) is 8.78 Å². The number of hydrogen-bond donors (Lipinski definition) is 2. The Kier molecular flexibility index (Phi) is 7.62. The fourth-order valence-corrected chi connectivity index (χ4v) is 2.51. The van der Waals surface area contributed by atoms with Gasteiger partial charge in [0.05, 0.1) is 25.1 Å². The van der Waals surface area contributed by atoms with E-state index >= 15 is 0 Å². The number of esters is 1. The van der Waals surface area contributed by atoms with Crippen LogP contribution in [0.2, 0.25) is 0 Å². The van der Waals surface area contributed by atoms with E-state index in [1.54, 1.807) is 24.3 Å². The van der Waals surface area contributed by atoms with Gasteiger partial charge >= 0.3 is 5.97 Å². The molecule has 0 spiro atoms. The Morgan fingerprint density at radius 2 is 1.79 bits per heavy atom. The average molecular weight is 390 g/mol. The second kappa shape index (κ2) is 10.1. The SMILES string of the molecule is COC(=O)CC(NC(=O)CCNC(=O)c1ccc(F)cc1F)c1ccccc1. The summed E-state index contributed by atoms with van der Waals surface area (Å²) in [5.41, 5.74) is 0.424. The summed E-state index contributed by atoms with van der Waals surface area (Å²) in [5.74, 6) is -3.40. The minimum absolute atomic E-state index is 0.0423. The summed E-state index contributed by atoms with van der Waals surface area (Å²) < 4.78 is 31.1. The van der Waals surface area contributed by atoms with Crippen LogP contribution in [0.1, 0.15) is 34.8 Å². The Balaban J connectivity index is 1.90. The summed E-state index contributed by atoms with van der Waals surface area (Å²) >= 11 is 0. The second-order valence-corrected chi connectivity index (χ2v) is 5.94. The van der Waals surface area contributed by atoms with Crippen LogP contribution in [0, 0.1) is 11.6 Å². The van der Waals surface area contributed by atoms with Gasteiger partial charge in [0, 0.05) is 19.0 Å². The fourth-order valence-electron chi connectivity index (χ4n) is 2.51. The number of carbonyl (C=O) groups is 3. The van der Waals surface area contributed by atoms with Gasteiger partial charge in [-0.05, 0) is 17.7 Å². The molecule has 0 saturated carbocycles. The van der Waals surface area contributed by atoms with Gasteiger partial charge in [0.1, 0.15) is 11.6 Å². The van der Waals surface area contributed by atoms with Gasteiger partial charge in [0.25, 0.3) is 5.91 Å². The highest BCUT2D eigenvalue weighted by Crippen LogP contribution is 2.17. The number of carbonyl (C=O) groups excluding carboxylic acids is 3. The first-order valence-electron chi connectivity index (χ1n) is 8.55. The third kappa shape index (κ3) is 6.15. The van der Waals surface area contributed by atoms with Crippen molar-refractivity contribution in [2.75, 3.05) is 13.7 Å². The summed E-state index contributed by atoms with van der Waals surface area (Å²) in [6.07, 6.45) is -0.127. The van der Waals surface area contributed by atoms with Crippen molar-refractivity contribution >= 4 is 17.8 Å². The highest BCUT2D eigenvalue weighted by molar-refractivity contribution is 5.94. The normalized spacial score (nSPS) is 11.4. The zero-order chi connectivity index (χ0) is 20.5. The molecule has 0 aliphatic carbocycles. The number of methoxy groups -OCH3 is 1. The van der Waals surface area contributed by atoms with Crippen LogP contribution in [-0.4, -0.2) is 31.4 Å². The Hall–Kier alpha value is -3.29. The second-order valence-electron chi connectivity index (χ2n) is 5.94. The summed E-state index contributed by atoms with van der Waals surface area (Å²) in [7, 11) is 1.26. The van der Waals surface area contributed by atoms with Crippen LogP contribution in [0.5, 0.6) is 0 Å². The molecule has 2 aromatic carbocycles. The smallest absolute Gasteiger partial charge is 0.307 e. The summed E-state index contributed by atoms with van der Waals surface area (Å²) in [6, 6.07) is 11.0. The van der Waals surface area contributed by atoms with Crippen molar-refractivity contribution in [1.82, 2.24) is 10.6 Å². The highest BCUT2D eigenvalue weighted by atomic mass is 19.1. The third-order valence-corrected chi connectivity index (χ3v) is 3.95. The molecule has 0 heterocycles. The molecule has 1 unspecified atom stereocenters. The summed E-state index contributed by atoms with van der Waals surface area (Å²) in [5, 5.41) is 5.12. The maximum absolute atomic E-state index is 13.6. The van der Waals surface area contributed by atoms with Gasteiger partial charge in [-0.1, -0.05) is 30.3 Å². The molecule has 1 atom stereocenters. The van der Waals surface area contributed by atoms with Gasteiger partial charge in [-0.15, -0.1) is 0 Å². The first kappa shape index (κ1) is 21.0. The molecule has 148 valence electrons. The van der Waals surface area contributed by atoms with E-state index in [1.165, 1.54) is 7.11 Å². The molecule has 28 heavy (non-hydrogen) atoms. The molecule has 0 bridgehead atoms. The van der Waals surface area contributed by atoms with Gasteiger partial charge in [-0.25, -0.2) is 8.78 Å². The number of ether oxygens (including phenoxy) is 1. The summed E-state index contributed by atoms with van der Waals surface area (Å²) in [4.78, 5) is 35.7. The molecule has 2 aromatic rings. The molecular formula is C20H20F2N2O4. The third-order valence-electron chi connectivity index (χ3n) is 3.95. The van der Waals surface area contributed by atoms with Gasteiger partial charge < -0.3 is 15.4 Å². The summed E-state index contributed by atoms with van der Waals surface area (Å²) in [6.45, 7) is -0.0543. The van der Waals surface area contributed by atoms with E-state index in [2.05, 4.69) is 15.4 Å². The van der Waals surface area contributed by atoms with Gasteiger partial charge in [-0.3, -0.25) is 14.4 Å². The number of halogens is 2. The van der Waals surface area contributed by atoms with Crippen molar-refractivity contribution in [1.29, 1.82) is 0 Å². The Morgan fingerprint density at radius 3 is 2.43 bits per heavy atom. The molecule has 2 rings (SSSR count). The molecule has 0 radical (unpaired) electrons. The maximum atomic E-state index is 13.6. The number of nitrogens with one attached hydrogen (secondary N) is 2. The first-order chi connectivity index (χ1) is 13.4. The number of rotatable bonds is 8. The largest absolute Gasteiger partial charge is 0.469 e. The molecule has 6 nitrogen and oxygen atoms in total. The zero-order valence-electron chi connectivity index (χ0n) is 15.2. The van der Waals surface area contributed by atoms with Crippen molar-refractivity contribution < 1.29 is 27.9 Å². The molecule has 2 amide bonds. The lowest BCUT2D eigenvalue weighted by molar-refractivity contribution is -0.141. The molecule has 8 heteroatoms. The van der Waals surface area contributed by atoms with E-state index in [-0.39, 0.29) is 24.9 Å². The molecule has 0 fully saturated rings. The molecule has 0 aliphatic rings. The van der Waals surface area contributed by atoms with E-state index in [0.717, 1.165) is 17.7 Å². The van der Waals surface area contributed by atoms with Crippen molar-refractivity contribution in [3.05, 3.63) is 71.3 Å². The van der Waals surface area contributed by atoms with Crippen LogP contribution in [0.15, 0.2) is 48.5 Å². The minimum Gasteiger partial charge on any atom is -0.469 e. The topological polar surface area (TPSA) is 84.5 Å². The number of amides is 2. The molecule has 0 aromatic heterocycles. The maximum Gasteiger partial charge on any atom is 0.307 e. The van der Waals surface area contributed by atoms with E-state index in [4.69, 9.17) is 0 Å². The highest BCUT2D eigenvalue weighted by Gasteiger charge is 2.19. The van der Waals surface area contributed by atoms with Crippen molar-refractivity contribution in [2.24, 2.45) is 0 Å². The van der Waals surface area contributed by atoms with E-state index in [1.807, 2.05) is 6.07 Å². The van der Waals surface area contributed by atoms with Crippen molar-refractivity contribution in [2.45, 2.75) is 18.9 Å². The fraction of sp³-hybridized carbons (Fsp3) is 0.250. The Morgan fingerprint density at radius 1 is 1.07 bits per heavy atom. The zero-order valence-corrected chi connectivity index (χ0v) is 15.2. The number of benzene rings is 2. The average Bonchev–Trinajstić information content (AvgIpc) is 2.67. The van der Waals surface area contributed by atoms with Gasteiger partial charge in [-0.2, -0.15) is 0 Å². The van der Waals surface area contributed by atoms with Crippen LogP contribution in [-0.2, 0) is 14.3 Å². The lowest BCUT2D eigenvalue weighted by Gasteiger charge is -2.18. The van der Waals surface area contributed by atoms with E-state index in [9.17, 15) is 23.2 Å². The van der Waals surface area contributed by atoms with E-state index in [0.29, 0.717) is 6.07 Å².